The summed E-state index contributed by atoms with van der Waals surface area (Å²) in [6, 6.07) is 14.5. The first-order valence-electron chi connectivity index (χ1n) is 6.41. The van der Waals surface area contributed by atoms with Gasteiger partial charge in [0.15, 0.2) is 6.10 Å². The third-order valence-corrected chi connectivity index (χ3v) is 3.63. The van der Waals surface area contributed by atoms with Gasteiger partial charge in [-0.15, -0.1) is 0 Å². The molecule has 2 rings (SSSR count). The summed E-state index contributed by atoms with van der Waals surface area (Å²) in [5, 5.41) is 3.91. The lowest BCUT2D eigenvalue weighted by atomic mass is 10.1. The van der Waals surface area contributed by atoms with E-state index in [4.69, 9.17) is 27.9 Å². The molecule has 0 radical (unpaired) electrons. The molecule has 1 unspecified atom stereocenters. The van der Waals surface area contributed by atoms with Gasteiger partial charge < -0.3 is 10.1 Å². The van der Waals surface area contributed by atoms with Gasteiger partial charge in [-0.2, -0.15) is 0 Å². The summed E-state index contributed by atoms with van der Waals surface area (Å²) >= 11 is 11.9. The lowest BCUT2D eigenvalue weighted by molar-refractivity contribution is -0.131. The Morgan fingerprint density at radius 3 is 2.52 bits per heavy atom. The van der Waals surface area contributed by atoms with Crippen molar-refractivity contribution in [1.82, 2.24) is 5.32 Å². The van der Waals surface area contributed by atoms with Gasteiger partial charge in [0.05, 0.1) is 0 Å². The predicted molar refractivity (Wildman–Crippen MR) is 84.5 cm³/mol. The largest absolute Gasteiger partial charge is 0.367 e. The van der Waals surface area contributed by atoms with Gasteiger partial charge in [0.1, 0.15) is 0 Å². The highest BCUT2D eigenvalue weighted by atomic mass is 35.5. The zero-order chi connectivity index (χ0) is 15.2. The lowest BCUT2D eigenvalue weighted by Gasteiger charge is -2.16. The van der Waals surface area contributed by atoms with Crippen molar-refractivity contribution in [3.05, 3.63) is 69.7 Å². The van der Waals surface area contributed by atoms with E-state index in [1.54, 1.807) is 18.2 Å². The van der Waals surface area contributed by atoms with Gasteiger partial charge in [-0.05, 0) is 23.3 Å². The SMILES string of the molecule is COC(C(=O)NCc1ccc(Cl)cc1Cl)c1ccccc1. The number of benzene rings is 2. The second-order valence-corrected chi connectivity index (χ2v) is 5.32. The number of rotatable bonds is 5. The van der Waals surface area contributed by atoms with Crippen LogP contribution in [0.4, 0.5) is 0 Å². The highest BCUT2D eigenvalue weighted by Crippen LogP contribution is 2.21. The van der Waals surface area contributed by atoms with Crippen molar-refractivity contribution in [2.45, 2.75) is 12.6 Å². The Bertz CT molecular complexity index is 617. The number of ether oxygens (including phenoxy) is 1. The molecule has 1 amide bonds. The number of carbonyl (C=O) groups is 1. The maximum absolute atomic E-state index is 12.2. The number of carbonyl (C=O) groups excluding carboxylic acids is 1. The first-order valence-corrected chi connectivity index (χ1v) is 7.17. The van der Waals surface area contributed by atoms with Gasteiger partial charge >= 0.3 is 0 Å². The molecule has 0 aliphatic heterocycles. The van der Waals surface area contributed by atoms with Crippen molar-refractivity contribution < 1.29 is 9.53 Å². The Labute approximate surface area is 133 Å². The molecule has 0 fully saturated rings. The molecule has 0 saturated carbocycles. The average molecular weight is 324 g/mol. The quantitative estimate of drug-likeness (QED) is 0.903. The van der Waals surface area contributed by atoms with Crippen LogP contribution in [0.3, 0.4) is 0 Å². The van der Waals surface area contributed by atoms with Crippen LogP contribution < -0.4 is 5.32 Å². The fourth-order valence-corrected chi connectivity index (χ4v) is 2.44. The molecule has 5 heteroatoms. The minimum absolute atomic E-state index is 0.213. The van der Waals surface area contributed by atoms with Crippen LogP contribution in [0.25, 0.3) is 0 Å². The zero-order valence-electron chi connectivity index (χ0n) is 11.5. The second kappa shape index (κ2) is 7.46. The Balaban J connectivity index is 2.03. The van der Waals surface area contributed by atoms with Crippen LogP contribution in [0.5, 0.6) is 0 Å². The van der Waals surface area contributed by atoms with E-state index < -0.39 is 6.10 Å². The summed E-state index contributed by atoms with van der Waals surface area (Å²) in [4.78, 5) is 12.2. The predicted octanol–water partition coefficient (Wildman–Crippen LogP) is 4.00. The van der Waals surface area contributed by atoms with E-state index in [0.717, 1.165) is 11.1 Å². The summed E-state index contributed by atoms with van der Waals surface area (Å²) < 4.78 is 5.27. The molecule has 0 spiro atoms. The molecule has 0 heterocycles. The fourth-order valence-electron chi connectivity index (χ4n) is 1.96. The fraction of sp³-hybridized carbons (Fsp3) is 0.188. The number of halogens is 2. The molecule has 21 heavy (non-hydrogen) atoms. The minimum Gasteiger partial charge on any atom is -0.367 e. The van der Waals surface area contributed by atoms with Gasteiger partial charge in [0, 0.05) is 23.7 Å². The van der Waals surface area contributed by atoms with E-state index in [2.05, 4.69) is 5.32 Å². The third kappa shape index (κ3) is 4.21. The van der Waals surface area contributed by atoms with E-state index in [-0.39, 0.29) is 5.91 Å². The zero-order valence-corrected chi connectivity index (χ0v) is 13.0. The Morgan fingerprint density at radius 2 is 1.90 bits per heavy atom. The van der Waals surface area contributed by atoms with Gasteiger partial charge in [-0.3, -0.25) is 4.79 Å². The molecular weight excluding hydrogens is 309 g/mol. The van der Waals surface area contributed by atoms with Gasteiger partial charge in [0.2, 0.25) is 0 Å². The Hall–Kier alpha value is -1.55. The summed E-state index contributed by atoms with van der Waals surface area (Å²) in [5.41, 5.74) is 1.61. The van der Waals surface area contributed by atoms with Crippen LogP contribution in [0.1, 0.15) is 17.2 Å². The summed E-state index contributed by atoms with van der Waals surface area (Å²) in [5.74, 6) is -0.213. The molecule has 1 atom stereocenters. The van der Waals surface area contributed by atoms with Gasteiger partial charge in [0.25, 0.3) is 5.91 Å². The highest BCUT2D eigenvalue weighted by molar-refractivity contribution is 6.35. The van der Waals surface area contributed by atoms with Gasteiger partial charge in [-0.25, -0.2) is 0 Å². The van der Waals surface area contributed by atoms with Crippen molar-refractivity contribution >= 4 is 29.1 Å². The molecule has 0 aromatic heterocycles. The van der Waals surface area contributed by atoms with Crippen molar-refractivity contribution in [2.24, 2.45) is 0 Å². The molecule has 0 aliphatic rings. The van der Waals surface area contributed by atoms with E-state index in [1.807, 2.05) is 30.3 Å². The normalized spacial score (nSPS) is 12.0. The maximum Gasteiger partial charge on any atom is 0.254 e. The van der Waals surface area contributed by atoms with Crippen LogP contribution in [-0.2, 0) is 16.1 Å². The molecule has 2 aromatic carbocycles. The molecule has 1 N–H and O–H groups in total. The first kappa shape index (κ1) is 15.8. The van der Waals surface area contributed by atoms with Crippen LogP contribution in [0, 0.1) is 0 Å². The molecule has 2 aromatic rings. The van der Waals surface area contributed by atoms with Crippen LogP contribution >= 0.6 is 23.2 Å². The van der Waals surface area contributed by atoms with E-state index in [0.29, 0.717) is 16.6 Å². The molecule has 0 bridgehead atoms. The van der Waals surface area contributed by atoms with E-state index in [1.165, 1.54) is 7.11 Å². The van der Waals surface area contributed by atoms with Crippen molar-refractivity contribution in [2.75, 3.05) is 7.11 Å². The molecule has 0 saturated heterocycles. The van der Waals surface area contributed by atoms with Crippen LogP contribution in [-0.4, -0.2) is 13.0 Å². The first-order chi connectivity index (χ1) is 10.1. The standard InChI is InChI=1S/C16H15Cl2NO2/c1-21-15(11-5-3-2-4-6-11)16(20)19-10-12-7-8-13(17)9-14(12)18/h2-9,15H,10H2,1H3,(H,19,20). The number of methoxy groups -OCH3 is 1. The van der Waals surface area contributed by atoms with E-state index in [9.17, 15) is 4.79 Å². The minimum atomic E-state index is -0.641. The Kier molecular flexibility index (Phi) is 5.62. The number of amides is 1. The monoisotopic (exact) mass is 323 g/mol. The number of hydrogen-bond acceptors (Lipinski definition) is 2. The highest BCUT2D eigenvalue weighted by Gasteiger charge is 2.19. The van der Waals surface area contributed by atoms with Crippen molar-refractivity contribution in [1.29, 1.82) is 0 Å². The Morgan fingerprint density at radius 1 is 1.19 bits per heavy atom. The summed E-state index contributed by atoms with van der Waals surface area (Å²) in [6.07, 6.45) is -0.641. The van der Waals surface area contributed by atoms with Crippen LogP contribution in [0.15, 0.2) is 48.5 Å². The second-order valence-electron chi connectivity index (χ2n) is 4.48. The molecule has 3 nitrogen and oxygen atoms in total. The van der Waals surface area contributed by atoms with Gasteiger partial charge in [-0.1, -0.05) is 59.6 Å². The summed E-state index contributed by atoms with van der Waals surface area (Å²) in [7, 11) is 1.51. The van der Waals surface area contributed by atoms with Crippen molar-refractivity contribution in [3.63, 3.8) is 0 Å². The van der Waals surface area contributed by atoms with Crippen LogP contribution in [0.2, 0.25) is 10.0 Å². The maximum atomic E-state index is 12.2. The lowest BCUT2D eigenvalue weighted by Crippen LogP contribution is -2.30. The van der Waals surface area contributed by atoms with E-state index >= 15 is 0 Å². The molecular formula is C16H15Cl2NO2. The average Bonchev–Trinajstić information content (AvgIpc) is 2.48. The molecule has 0 aliphatic carbocycles. The number of hydrogen-bond donors (Lipinski definition) is 1. The molecule has 110 valence electrons. The third-order valence-electron chi connectivity index (χ3n) is 3.04. The van der Waals surface area contributed by atoms with Crippen molar-refractivity contribution in [3.8, 4) is 0 Å². The smallest absolute Gasteiger partial charge is 0.254 e. The number of nitrogens with one attached hydrogen (secondary N) is 1. The summed E-state index contributed by atoms with van der Waals surface area (Å²) in [6.45, 7) is 0.321. The topological polar surface area (TPSA) is 38.3 Å².